The van der Waals surface area contributed by atoms with Gasteiger partial charge in [0.15, 0.2) is 0 Å². The second-order valence-corrected chi connectivity index (χ2v) is 6.30. The second kappa shape index (κ2) is 6.66. The average molecular weight is 338 g/mol. The number of amides is 3. The third kappa shape index (κ3) is 3.69. The first kappa shape index (κ1) is 15.9. The predicted molar refractivity (Wildman–Crippen MR) is 87.9 cm³/mol. The Balaban J connectivity index is 1.57. The van der Waals surface area contributed by atoms with Gasteiger partial charge in [-0.05, 0) is 31.0 Å². The topological polar surface area (TPSA) is 61.9 Å². The van der Waals surface area contributed by atoms with E-state index < -0.39 is 0 Å². The predicted octanol–water partition coefficient (Wildman–Crippen LogP) is 2.43. The number of nitrogens with one attached hydrogen (secondary N) is 1. The molecule has 1 aliphatic carbocycles. The molecule has 1 saturated heterocycles. The fourth-order valence-corrected chi connectivity index (χ4v) is 2.86. The summed E-state index contributed by atoms with van der Waals surface area (Å²) in [6.45, 7) is 2.26. The number of anilines is 1. The van der Waals surface area contributed by atoms with Crippen LogP contribution in [0.25, 0.3) is 0 Å². The van der Waals surface area contributed by atoms with Crippen LogP contribution in [0.4, 0.5) is 10.5 Å². The number of benzene rings is 1. The summed E-state index contributed by atoms with van der Waals surface area (Å²) >= 11 is 5.97. The van der Waals surface area contributed by atoms with Crippen LogP contribution in [-0.4, -0.2) is 55.0 Å². The van der Waals surface area contributed by atoms with Crippen LogP contribution in [-0.2, 0) is 4.79 Å². The van der Waals surface area contributed by atoms with Crippen molar-refractivity contribution >= 4 is 29.2 Å². The van der Waals surface area contributed by atoms with E-state index >= 15 is 0 Å². The standard InChI is InChI=1S/C16H20ClN3O3/c1-23-14-5-4-12(17)10-13(14)18-16(22)20-8-6-19(7-9-20)15(21)11-2-3-11/h4-5,10-11H,2-3,6-9H2,1H3,(H,18,22). The lowest BCUT2D eigenvalue weighted by atomic mass is 10.2. The summed E-state index contributed by atoms with van der Waals surface area (Å²) in [6, 6.07) is 4.87. The minimum absolute atomic E-state index is 0.205. The molecule has 1 aliphatic heterocycles. The summed E-state index contributed by atoms with van der Waals surface area (Å²) in [7, 11) is 1.54. The molecule has 1 aromatic carbocycles. The Morgan fingerprint density at radius 1 is 1.17 bits per heavy atom. The molecule has 0 bridgehead atoms. The number of piperazine rings is 1. The maximum Gasteiger partial charge on any atom is 0.322 e. The number of nitrogens with zero attached hydrogens (tertiary/aromatic N) is 2. The van der Waals surface area contributed by atoms with Gasteiger partial charge < -0.3 is 19.9 Å². The highest BCUT2D eigenvalue weighted by Crippen LogP contribution is 2.31. The molecule has 6 nitrogen and oxygen atoms in total. The highest BCUT2D eigenvalue weighted by atomic mass is 35.5. The molecular weight excluding hydrogens is 318 g/mol. The molecule has 1 heterocycles. The van der Waals surface area contributed by atoms with Crippen LogP contribution in [0, 0.1) is 5.92 Å². The normalized spacial score (nSPS) is 17.8. The van der Waals surface area contributed by atoms with Crippen molar-refractivity contribution in [1.82, 2.24) is 9.80 Å². The number of carbonyl (C=O) groups is 2. The Bertz CT molecular complexity index is 611. The number of ether oxygens (including phenoxy) is 1. The van der Waals surface area contributed by atoms with Gasteiger partial charge in [0.05, 0.1) is 12.8 Å². The molecule has 1 saturated carbocycles. The second-order valence-electron chi connectivity index (χ2n) is 5.86. The van der Waals surface area contributed by atoms with E-state index in [4.69, 9.17) is 16.3 Å². The monoisotopic (exact) mass is 337 g/mol. The van der Waals surface area contributed by atoms with Crippen molar-refractivity contribution in [3.05, 3.63) is 23.2 Å². The number of rotatable bonds is 3. The Morgan fingerprint density at radius 2 is 1.83 bits per heavy atom. The molecule has 3 amide bonds. The van der Waals surface area contributed by atoms with Gasteiger partial charge in [0, 0.05) is 37.1 Å². The number of urea groups is 1. The van der Waals surface area contributed by atoms with Crippen LogP contribution in [0.5, 0.6) is 5.75 Å². The molecule has 124 valence electrons. The lowest BCUT2D eigenvalue weighted by Crippen LogP contribution is -2.52. The Morgan fingerprint density at radius 3 is 2.43 bits per heavy atom. The van der Waals surface area contributed by atoms with Gasteiger partial charge in [-0.2, -0.15) is 0 Å². The van der Waals surface area contributed by atoms with E-state index in [0.29, 0.717) is 42.6 Å². The lowest BCUT2D eigenvalue weighted by Gasteiger charge is -2.35. The first-order valence-corrected chi connectivity index (χ1v) is 8.14. The van der Waals surface area contributed by atoms with Crippen LogP contribution < -0.4 is 10.1 Å². The summed E-state index contributed by atoms with van der Waals surface area (Å²) in [5, 5.41) is 3.35. The van der Waals surface area contributed by atoms with Crippen molar-refractivity contribution in [3.63, 3.8) is 0 Å². The fourth-order valence-electron chi connectivity index (χ4n) is 2.69. The smallest absolute Gasteiger partial charge is 0.322 e. The van der Waals surface area contributed by atoms with Gasteiger partial charge in [-0.25, -0.2) is 4.79 Å². The van der Waals surface area contributed by atoms with E-state index in [1.54, 1.807) is 30.2 Å². The first-order chi connectivity index (χ1) is 11.1. The number of carbonyl (C=O) groups excluding carboxylic acids is 2. The van der Waals surface area contributed by atoms with Crippen LogP contribution in [0.3, 0.4) is 0 Å². The van der Waals surface area contributed by atoms with Crippen molar-refractivity contribution in [2.45, 2.75) is 12.8 Å². The maximum atomic E-state index is 12.4. The van der Waals surface area contributed by atoms with Crippen molar-refractivity contribution in [3.8, 4) is 5.75 Å². The zero-order chi connectivity index (χ0) is 16.4. The van der Waals surface area contributed by atoms with Crippen molar-refractivity contribution in [2.24, 2.45) is 5.92 Å². The van der Waals surface area contributed by atoms with Gasteiger partial charge in [-0.1, -0.05) is 11.6 Å². The van der Waals surface area contributed by atoms with Gasteiger partial charge in [-0.15, -0.1) is 0 Å². The minimum Gasteiger partial charge on any atom is -0.495 e. The Kier molecular flexibility index (Phi) is 4.61. The van der Waals surface area contributed by atoms with Gasteiger partial charge in [-0.3, -0.25) is 4.79 Å². The van der Waals surface area contributed by atoms with E-state index in [1.165, 1.54) is 0 Å². The van der Waals surface area contributed by atoms with Crippen molar-refractivity contribution in [1.29, 1.82) is 0 Å². The highest BCUT2D eigenvalue weighted by Gasteiger charge is 2.35. The Labute approximate surface area is 140 Å². The summed E-state index contributed by atoms with van der Waals surface area (Å²) in [6.07, 6.45) is 2.02. The maximum absolute atomic E-state index is 12.4. The van der Waals surface area contributed by atoms with E-state index in [-0.39, 0.29) is 17.9 Å². The molecule has 2 fully saturated rings. The molecule has 0 atom stereocenters. The molecule has 1 aromatic rings. The van der Waals surface area contributed by atoms with E-state index in [0.717, 1.165) is 12.8 Å². The first-order valence-electron chi connectivity index (χ1n) is 7.76. The summed E-state index contributed by atoms with van der Waals surface area (Å²) in [5.74, 6) is 1.03. The van der Waals surface area contributed by atoms with Gasteiger partial charge in [0.1, 0.15) is 5.75 Å². The molecule has 0 radical (unpaired) electrons. The lowest BCUT2D eigenvalue weighted by molar-refractivity contribution is -0.133. The number of hydrogen-bond donors (Lipinski definition) is 1. The summed E-state index contributed by atoms with van der Waals surface area (Å²) < 4.78 is 5.23. The molecule has 3 rings (SSSR count). The Hall–Kier alpha value is -1.95. The quantitative estimate of drug-likeness (QED) is 0.921. The van der Waals surface area contributed by atoms with Crippen molar-refractivity contribution < 1.29 is 14.3 Å². The largest absolute Gasteiger partial charge is 0.495 e. The highest BCUT2D eigenvalue weighted by molar-refractivity contribution is 6.31. The summed E-state index contributed by atoms with van der Waals surface area (Å²) in [4.78, 5) is 28.0. The zero-order valence-corrected chi connectivity index (χ0v) is 13.8. The SMILES string of the molecule is COc1ccc(Cl)cc1NC(=O)N1CCN(C(=O)C2CC2)CC1. The van der Waals surface area contributed by atoms with Gasteiger partial charge >= 0.3 is 6.03 Å². The number of hydrogen-bond acceptors (Lipinski definition) is 3. The van der Waals surface area contributed by atoms with Crippen LogP contribution in [0.2, 0.25) is 5.02 Å². The van der Waals surface area contributed by atoms with Crippen molar-refractivity contribution in [2.75, 3.05) is 38.6 Å². The van der Waals surface area contributed by atoms with Crippen LogP contribution in [0.15, 0.2) is 18.2 Å². The fraction of sp³-hybridized carbons (Fsp3) is 0.500. The average Bonchev–Trinajstić information content (AvgIpc) is 3.39. The number of halogens is 1. The third-order valence-corrected chi connectivity index (χ3v) is 4.44. The number of methoxy groups -OCH3 is 1. The van der Waals surface area contributed by atoms with Gasteiger partial charge in [0.2, 0.25) is 5.91 Å². The van der Waals surface area contributed by atoms with Gasteiger partial charge in [0.25, 0.3) is 0 Å². The minimum atomic E-state index is -0.205. The molecule has 0 spiro atoms. The van der Waals surface area contributed by atoms with E-state index in [2.05, 4.69) is 5.32 Å². The molecule has 7 heteroatoms. The third-order valence-electron chi connectivity index (χ3n) is 4.21. The molecule has 0 unspecified atom stereocenters. The zero-order valence-electron chi connectivity index (χ0n) is 13.0. The molecule has 0 aromatic heterocycles. The van der Waals surface area contributed by atoms with Crippen LogP contribution >= 0.6 is 11.6 Å². The molecule has 1 N–H and O–H groups in total. The molecular formula is C16H20ClN3O3. The molecule has 2 aliphatic rings. The molecule has 23 heavy (non-hydrogen) atoms. The van der Waals surface area contributed by atoms with E-state index in [9.17, 15) is 9.59 Å². The van der Waals surface area contributed by atoms with E-state index in [1.807, 2.05) is 4.90 Å². The summed E-state index contributed by atoms with van der Waals surface area (Å²) in [5.41, 5.74) is 0.543. The van der Waals surface area contributed by atoms with Crippen LogP contribution in [0.1, 0.15) is 12.8 Å².